The molecule has 2 amide bonds. The first-order valence-electron chi connectivity index (χ1n) is 12.8. The number of morpholine rings is 1. The molecule has 2 fully saturated rings. The maximum Gasteiger partial charge on any atom is 0.320 e. The zero-order chi connectivity index (χ0) is 25.0. The van der Waals surface area contributed by atoms with Crippen molar-refractivity contribution >= 4 is 17.2 Å². The van der Waals surface area contributed by atoms with Crippen LogP contribution in [-0.2, 0) is 17.7 Å². The number of nitrogens with one attached hydrogen (secondary N) is 2. The van der Waals surface area contributed by atoms with Crippen LogP contribution < -0.4 is 5.32 Å². The Balaban J connectivity index is 1.37. The molecule has 1 unspecified atom stereocenters. The minimum absolute atomic E-state index is 0.00401. The lowest BCUT2D eigenvalue weighted by molar-refractivity contribution is 0.0760. The van der Waals surface area contributed by atoms with E-state index in [1.807, 2.05) is 43.0 Å². The van der Waals surface area contributed by atoms with Gasteiger partial charge < -0.3 is 29.9 Å². The molecule has 6 rings (SSSR count). The number of amides is 2. The average molecular weight is 491 g/mol. The van der Waals surface area contributed by atoms with Gasteiger partial charge in [0.25, 0.3) is 0 Å². The molecule has 2 aromatic heterocycles. The highest BCUT2D eigenvalue weighted by Gasteiger charge is 2.42. The number of likely N-dealkylation sites (tertiary alicyclic amines) is 1. The Morgan fingerprint density at radius 1 is 1.31 bits per heavy atom. The van der Waals surface area contributed by atoms with Crippen LogP contribution >= 0.6 is 0 Å². The summed E-state index contributed by atoms with van der Waals surface area (Å²) in [4.78, 5) is 30.0. The molecule has 0 aliphatic carbocycles. The van der Waals surface area contributed by atoms with Crippen LogP contribution in [0.1, 0.15) is 48.6 Å². The topological polar surface area (TPSA) is 107 Å². The van der Waals surface area contributed by atoms with Gasteiger partial charge >= 0.3 is 6.03 Å². The van der Waals surface area contributed by atoms with E-state index in [0.717, 1.165) is 46.5 Å². The highest BCUT2D eigenvalue weighted by Crippen LogP contribution is 2.35. The van der Waals surface area contributed by atoms with Crippen molar-refractivity contribution in [2.75, 3.05) is 32.8 Å². The largest absolute Gasteiger partial charge is 0.391 e. The summed E-state index contributed by atoms with van der Waals surface area (Å²) < 4.78 is 5.82. The molecular weight excluding hydrogens is 456 g/mol. The Morgan fingerprint density at radius 2 is 2.17 bits per heavy atom. The van der Waals surface area contributed by atoms with Gasteiger partial charge in [0, 0.05) is 43.5 Å². The van der Waals surface area contributed by atoms with Gasteiger partial charge in [-0.3, -0.25) is 0 Å². The predicted molar refractivity (Wildman–Crippen MR) is 137 cm³/mol. The number of aliphatic hydroxyl groups is 1. The van der Waals surface area contributed by atoms with E-state index in [0.29, 0.717) is 39.3 Å². The number of aromatic nitrogens is 3. The van der Waals surface area contributed by atoms with E-state index in [-0.39, 0.29) is 17.6 Å². The molecule has 0 bridgehead atoms. The summed E-state index contributed by atoms with van der Waals surface area (Å²) in [5.74, 6) is 0. The SMILES string of the molecule is Cc1c[nH]c2ncc(-c3cc4c(c([C@@H]5COCCN5)c3)CN(C(=O)N3CC(O)CC3(C)C)CC4)nc12. The van der Waals surface area contributed by atoms with Crippen molar-refractivity contribution < 1.29 is 14.6 Å². The molecule has 36 heavy (non-hydrogen) atoms. The number of benzene rings is 1. The fourth-order valence-electron chi connectivity index (χ4n) is 5.96. The van der Waals surface area contributed by atoms with E-state index in [2.05, 4.69) is 27.4 Å². The average Bonchev–Trinajstić information content (AvgIpc) is 3.39. The minimum atomic E-state index is -0.468. The van der Waals surface area contributed by atoms with Crippen LogP contribution in [0.15, 0.2) is 24.5 Å². The number of nitrogens with zero attached hydrogens (tertiary/aromatic N) is 4. The monoisotopic (exact) mass is 490 g/mol. The van der Waals surface area contributed by atoms with Crippen LogP contribution in [0.3, 0.4) is 0 Å². The first-order chi connectivity index (χ1) is 17.3. The number of carbonyl (C=O) groups is 1. The number of aliphatic hydroxyl groups excluding tert-OH is 1. The highest BCUT2D eigenvalue weighted by atomic mass is 16.5. The molecule has 1 aromatic carbocycles. The van der Waals surface area contributed by atoms with Crippen LogP contribution in [0, 0.1) is 6.92 Å². The summed E-state index contributed by atoms with van der Waals surface area (Å²) in [6, 6.07) is 4.47. The van der Waals surface area contributed by atoms with Crippen LogP contribution in [0.5, 0.6) is 0 Å². The highest BCUT2D eigenvalue weighted by molar-refractivity contribution is 5.79. The van der Waals surface area contributed by atoms with E-state index in [1.54, 1.807) is 0 Å². The normalized spacial score (nSPS) is 23.8. The molecule has 9 heteroatoms. The van der Waals surface area contributed by atoms with Gasteiger partial charge in [0.2, 0.25) is 0 Å². The molecule has 3 N–H and O–H groups in total. The number of H-pyrrole nitrogens is 1. The van der Waals surface area contributed by atoms with Gasteiger partial charge in [0.15, 0.2) is 5.65 Å². The first-order valence-corrected chi connectivity index (χ1v) is 12.8. The molecular formula is C27H34N6O3. The minimum Gasteiger partial charge on any atom is -0.391 e. The Hall–Kier alpha value is -3.01. The molecule has 3 aliphatic heterocycles. The lowest BCUT2D eigenvalue weighted by Gasteiger charge is -2.39. The molecule has 190 valence electrons. The zero-order valence-corrected chi connectivity index (χ0v) is 21.2. The Kier molecular flexibility index (Phi) is 5.74. The number of urea groups is 1. The predicted octanol–water partition coefficient (Wildman–Crippen LogP) is 2.92. The van der Waals surface area contributed by atoms with Gasteiger partial charge in [-0.2, -0.15) is 0 Å². The molecule has 3 aromatic rings. The third-order valence-electron chi connectivity index (χ3n) is 7.90. The standard InChI is InChI=1S/C27H34N6O3/c1-16-11-29-25-24(16)31-22(12-30-25)18-8-17-4-6-32(26(35)33-13-19(34)10-27(33,2)3)14-21(17)20(9-18)23-15-36-7-5-28-23/h8-9,11-12,19,23,28,34H,4-7,10,13-15H2,1-3H3,(H,29,30)/t19?,23-/m0/s1. The molecule has 0 radical (unpaired) electrons. The summed E-state index contributed by atoms with van der Waals surface area (Å²) in [6.07, 6.45) is 4.67. The fraction of sp³-hybridized carbons (Fsp3) is 0.519. The third kappa shape index (κ3) is 4.05. The van der Waals surface area contributed by atoms with Crippen molar-refractivity contribution in [3.05, 3.63) is 46.8 Å². The number of β-amino-alcohol motifs (C(OH)–C–C–N with tert-alkyl or cyclic N) is 1. The third-order valence-corrected chi connectivity index (χ3v) is 7.90. The zero-order valence-electron chi connectivity index (χ0n) is 21.2. The first kappa shape index (κ1) is 23.4. The number of fused-ring (bicyclic) bond motifs is 2. The van der Waals surface area contributed by atoms with Crippen molar-refractivity contribution in [3.63, 3.8) is 0 Å². The van der Waals surface area contributed by atoms with E-state index >= 15 is 0 Å². The van der Waals surface area contributed by atoms with E-state index in [1.165, 1.54) is 11.1 Å². The molecule has 2 saturated heterocycles. The van der Waals surface area contributed by atoms with Gasteiger partial charge in [-0.25, -0.2) is 14.8 Å². The fourth-order valence-corrected chi connectivity index (χ4v) is 5.96. The second-order valence-electron chi connectivity index (χ2n) is 10.9. The Labute approximate surface area is 210 Å². The summed E-state index contributed by atoms with van der Waals surface area (Å²) >= 11 is 0. The van der Waals surface area contributed by atoms with E-state index in [9.17, 15) is 9.90 Å². The molecule has 0 saturated carbocycles. The van der Waals surface area contributed by atoms with Gasteiger partial charge in [0.1, 0.15) is 5.52 Å². The molecule has 2 atom stereocenters. The lowest BCUT2D eigenvalue weighted by atomic mass is 9.88. The number of ether oxygens (including phenoxy) is 1. The maximum absolute atomic E-state index is 13.6. The second kappa shape index (κ2) is 8.83. The van der Waals surface area contributed by atoms with Crippen LogP contribution in [0.2, 0.25) is 0 Å². The molecule has 5 heterocycles. The van der Waals surface area contributed by atoms with E-state index in [4.69, 9.17) is 9.72 Å². The lowest BCUT2D eigenvalue weighted by Crippen LogP contribution is -2.51. The van der Waals surface area contributed by atoms with Crippen molar-refractivity contribution in [1.82, 2.24) is 30.1 Å². The summed E-state index contributed by atoms with van der Waals surface area (Å²) in [7, 11) is 0. The number of hydrogen-bond acceptors (Lipinski definition) is 6. The summed E-state index contributed by atoms with van der Waals surface area (Å²) in [5.41, 5.74) is 7.87. The van der Waals surface area contributed by atoms with Crippen molar-refractivity contribution in [3.8, 4) is 11.3 Å². The molecule has 3 aliphatic rings. The number of hydrogen-bond donors (Lipinski definition) is 3. The summed E-state index contributed by atoms with van der Waals surface area (Å²) in [6.45, 7) is 9.76. The Morgan fingerprint density at radius 3 is 2.92 bits per heavy atom. The quantitative estimate of drug-likeness (QED) is 0.510. The number of carbonyl (C=O) groups excluding carboxylic acids is 1. The number of rotatable bonds is 2. The number of aromatic amines is 1. The van der Waals surface area contributed by atoms with Gasteiger partial charge in [0.05, 0.1) is 37.3 Å². The molecule has 0 spiro atoms. The van der Waals surface area contributed by atoms with Gasteiger partial charge in [-0.15, -0.1) is 0 Å². The van der Waals surface area contributed by atoms with Crippen LogP contribution in [-0.4, -0.2) is 80.4 Å². The maximum atomic E-state index is 13.6. The van der Waals surface area contributed by atoms with E-state index < -0.39 is 6.10 Å². The molecule has 9 nitrogen and oxygen atoms in total. The smallest absolute Gasteiger partial charge is 0.320 e. The second-order valence-corrected chi connectivity index (χ2v) is 10.9. The van der Waals surface area contributed by atoms with Crippen molar-refractivity contribution in [2.45, 2.75) is 57.8 Å². The summed E-state index contributed by atoms with van der Waals surface area (Å²) in [5, 5.41) is 13.8. The van der Waals surface area contributed by atoms with Crippen molar-refractivity contribution in [2.24, 2.45) is 0 Å². The van der Waals surface area contributed by atoms with Crippen molar-refractivity contribution in [1.29, 1.82) is 0 Å². The Bertz CT molecular complexity index is 1310. The van der Waals surface area contributed by atoms with Crippen LogP contribution in [0.25, 0.3) is 22.4 Å². The number of aryl methyl sites for hydroxylation is 1. The van der Waals surface area contributed by atoms with Crippen LogP contribution in [0.4, 0.5) is 4.79 Å². The van der Waals surface area contributed by atoms with Gasteiger partial charge in [-0.05, 0) is 68.0 Å². The van der Waals surface area contributed by atoms with Gasteiger partial charge in [-0.1, -0.05) is 0 Å².